The second-order valence-corrected chi connectivity index (χ2v) is 7.95. The summed E-state index contributed by atoms with van der Waals surface area (Å²) in [6.07, 6.45) is -1.88. The average Bonchev–Trinajstić information content (AvgIpc) is 3.12. The Kier molecular flexibility index (Phi) is 9.63. The summed E-state index contributed by atoms with van der Waals surface area (Å²) in [6, 6.07) is 6.11. The summed E-state index contributed by atoms with van der Waals surface area (Å²) in [7, 11) is 3.07. The highest BCUT2D eigenvalue weighted by Gasteiger charge is 2.59. The number of imide groups is 1. The second kappa shape index (κ2) is 12.0. The van der Waals surface area contributed by atoms with E-state index in [-0.39, 0.29) is 32.7 Å². The van der Waals surface area contributed by atoms with Crippen LogP contribution in [0.3, 0.4) is 0 Å². The van der Waals surface area contributed by atoms with Gasteiger partial charge in [0.2, 0.25) is 0 Å². The van der Waals surface area contributed by atoms with E-state index in [1.165, 1.54) is 19.1 Å². The molecule has 3 atom stereocenters. The highest BCUT2D eigenvalue weighted by Crippen LogP contribution is 2.33. The zero-order valence-corrected chi connectivity index (χ0v) is 20.0. The number of benzene rings is 1. The van der Waals surface area contributed by atoms with Gasteiger partial charge in [-0.2, -0.15) is 4.79 Å². The van der Waals surface area contributed by atoms with Crippen LogP contribution in [-0.2, 0) is 19.0 Å². The van der Waals surface area contributed by atoms with Crippen molar-refractivity contribution in [3.8, 4) is 5.75 Å². The number of rotatable bonds is 10. The standard InChI is InChI=1S/C23H34N2O8/c1-6-24(12-11-20(26)32-7-2)22(27)25(23(28)29)15-19(13-16(25)3)33-18-10-8-9-17(14-18)21(30-4)31-5/h8-10,14,16,19,21H,6-7,11-13,15H2,1-5H3/p+1/t16-,19-,25-/m1/s1. The number of carbonyl (C=O) groups is 3. The molecule has 3 amide bonds. The number of carboxylic acid groups (broad SMARTS) is 1. The molecule has 33 heavy (non-hydrogen) atoms. The molecule has 1 saturated heterocycles. The quantitative estimate of drug-likeness (QED) is 0.317. The van der Waals surface area contributed by atoms with E-state index in [1.54, 1.807) is 39.0 Å². The molecule has 2 rings (SSSR count). The largest absolute Gasteiger partial charge is 0.523 e. The summed E-state index contributed by atoms with van der Waals surface area (Å²) >= 11 is 0. The van der Waals surface area contributed by atoms with Gasteiger partial charge in [-0.05, 0) is 32.9 Å². The van der Waals surface area contributed by atoms with E-state index in [4.69, 9.17) is 18.9 Å². The first-order valence-corrected chi connectivity index (χ1v) is 11.1. The Balaban J connectivity index is 2.19. The summed E-state index contributed by atoms with van der Waals surface area (Å²) in [6.45, 7) is 5.80. The van der Waals surface area contributed by atoms with Crippen molar-refractivity contribution in [3.05, 3.63) is 29.8 Å². The molecule has 0 aliphatic carbocycles. The van der Waals surface area contributed by atoms with Crippen LogP contribution in [0, 0.1) is 0 Å². The number of nitrogens with zero attached hydrogens (tertiary/aromatic N) is 2. The van der Waals surface area contributed by atoms with Crippen LogP contribution in [0.25, 0.3) is 0 Å². The Hall–Kier alpha value is -2.69. The highest BCUT2D eigenvalue weighted by molar-refractivity contribution is 5.80. The fraction of sp³-hybridized carbons (Fsp3) is 0.609. The Morgan fingerprint density at radius 2 is 1.91 bits per heavy atom. The molecule has 1 fully saturated rings. The lowest BCUT2D eigenvalue weighted by Crippen LogP contribution is -2.63. The van der Waals surface area contributed by atoms with Gasteiger partial charge in [-0.25, -0.2) is 4.79 Å². The van der Waals surface area contributed by atoms with E-state index in [2.05, 4.69) is 0 Å². The summed E-state index contributed by atoms with van der Waals surface area (Å²) in [5.41, 5.74) is 0.759. The van der Waals surface area contributed by atoms with Crippen molar-refractivity contribution in [1.29, 1.82) is 0 Å². The second-order valence-electron chi connectivity index (χ2n) is 7.95. The Labute approximate surface area is 194 Å². The van der Waals surface area contributed by atoms with Crippen LogP contribution >= 0.6 is 0 Å². The van der Waals surface area contributed by atoms with Crippen molar-refractivity contribution < 1.29 is 42.9 Å². The van der Waals surface area contributed by atoms with Gasteiger partial charge in [0.1, 0.15) is 18.3 Å². The summed E-state index contributed by atoms with van der Waals surface area (Å²) in [5.74, 6) is 0.114. The van der Waals surface area contributed by atoms with Crippen molar-refractivity contribution in [2.75, 3.05) is 40.5 Å². The third-order valence-electron chi connectivity index (χ3n) is 5.94. The molecule has 1 aliphatic rings. The molecule has 0 spiro atoms. The Bertz CT molecular complexity index is 828. The molecule has 0 bridgehead atoms. The topological polar surface area (TPSA) is 112 Å². The van der Waals surface area contributed by atoms with E-state index < -0.39 is 41.0 Å². The van der Waals surface area contributed by atoms with Crippen LogP contribution in [0.2, 0.25) is 0 Å². The third kappa shape index (κ3) is 6.01. The van der Waals surface area contributed by atoms with Gasteiger partial charge in [-0.15, -0.1) is 4.48 Å². The molecule has 184 valence electrons. The van der Waals surface area contributed by atoms with Crippen LogP contribution in [0.4, 0.5) is 9.59 Å². The number of ether oxygens (including phenoxy) is 4. The van der Waals surface area contributed by atoms with Crippen molar-refractivity contribution in [2.24, 2.45) is 0 Å². The van der Waals surface area contributed by atoms with Gasteiger partial charge < -0.3 is 24.1 Å². The number of quaternary nitrogens is 1. The first-order chi connectivity index (χ1) is 15.7. The van der Waals surface area contributed by atoms with Crippen molar-refractivity contribution >= 4 is 18.1 Å². The molecule has 0 unspecified atom stereocenters. The molecule has 10 heteroatoms. The van der Waals surface area contributed by atoms with E-state index >= 15 is 0 Å². The van der Waals surface area contributed by atoms with Crippen LogP contribution < -0.4 is 4.74 Å². The number of carbonyl (C=O) groups excluding carboxylic acids is 2. The number of urea groups is 1. The van der Waals surface area contributed by atoms with Crippen molar-refractivity contribution in [1.82, 2.24) is 4.90 Å². The Morgan fingerprint density at radius 1 is 1.21 bits per heavy atom. The molecular formula is C23H35N2O8+. The minimum atomic E-state index is -1.24. The van der Waals surface area contributed by atoms with Gasteiger partial charge >= 0.3 is 18.1 Å². The van der Waals surface area contributed by atoms with Gasteiger partial charge in [0.05, 0.1) is 13.0 Å². The van der Waals surface area contributed by atoms with Crippen LogP contribution in [-0.4, -0.2) is 85.2 Å². The number of hydrogen-bond acceptors (Lipinski definition) is 7. The minimum Gasteiger partial charge on any atom is -0.484 e. The maximum absolute atomic E-state index is 13.4. The predicted molar refractivity (Wildman–Crippen MR) is 119 cm³/mol. The SMILES string of the molecule is CCOC(=O)CCN(CC)C(=O)[N@@+]1(C(=O)O)C[C@H](Oc2cccc(C(OC)OC)c2)C[C@H]1C. The van der Waals surface area contributed by atoms with E-state index in [9.17, 15) is 19.5 Å². The van der Waals surface area contributed by atoms with Crippen LogP contribution in [0.5, 0.6) is 5.75 Å². The van der Waals surface area contributed by atoms with Gasteiger partial charge in [-0.1, -0.05) is 12.1 Å². The maximum atomic E-state index is 13.4. The fourth-order valence-corrected chi connectivity index (χ4v) is 4.23. The van der Waals surface area contributed by atoms with E-state index in [0.29, 0.717) is 12.2 Å². The number of amides is 3. The first kappa shape index (κ1) is 26.6. The minimum absolute atomic E-state index is 0.00824. The van der Waals surface area contributed by atoms with Gasteiger partial charge in [0.25, 0.3) is 0 Å². The van der Waals surface area contributed by atoms with E-state index in [0.717, 1.165) is 5.56 Å². The monoisotopic (exact) mass is 467 g/mol. The zero-order chi connectivity index (χ0) is 24.6. The molecule has 0 radical (unpaired) electrons. The van der Waals surface area contributed by atoms with Crippen molar-refractivity contribution in [3.63, 3.8) is 0 Å². The summed E-state index contributed by atoms with van der Waals surface area (Å²) in [5, 5.41) is 10.1. The van der Waals surface area contributed by atoms with E-state index in [1.807, 2.05) is 6.07 Å². The predicted octanol–water partition coefficient (Wildman–Crippen LogP) is 3.41. The first-order valence-electron chi connectivity index (χ1n) is 11.1. The van der Waals surface area contributed by atoms with Crippen LogP contribution in [0.15, 0.2) is 24.3 Å². The fourth-order valence-electron chi connectivity index (χ4n) is 4.23. The molecule has 10 nitrogen and oxygen atoms in total. The summed E-state index contributed by atoms with van der Waals surface area (Å²) in [4.78, 5) is 39.0. The molecule has 0 aromatic heterocycles. The van der Waals surface area contributed by atoms with Gasteiger partial charge in [-0.3, -0.25) is 9.69 Å². The normalized spacial score (nSPS) is 22.2. The molecule has 1 heterocycles. The number of likely N-dealkylation sites (tertiary alicyclic amines) is 1. The van der Waals surface area contributed by atoms with Gasteiger partial charge in [0, 0.05) is 39.3 Å². The molecule has 1 aromatic carbocycles. The number of hydrogen-bond donors (Lipinski definition) is 1. The smallest absolute Gasteiger partial charge is 0.484 e. The lowest BCUT2D eigenvalue weighted by molar-refractivity contribution is -0.792. The number of methoxy groups -OCH3 is 2. The zero-order valence-electron chi connectivity index (χ0n) is 20.0. The lowest BCUT2D eigenvalue weighted by atomic mass is 10.2. The number of esters is 1. The van der Waals surface area contributed by atoms with Crippen molar-refractivity contribution in [2.45, 2.75) is 52.0 Å². The molecular weight excluding hydrogens is 432 g/mol. The maximum Gasteiger partial charge on any atom is 0.523 e. The highest BCUT2D eigenvalue weighted by atomic mass is 16.7. The molecule has 1 aliphatic heterocycles. The molecule has 0 saturated carbocycles. The lowest BCUT2D eigenvalue weighted by Gasteiger charge is -2.33. The average molecular weight is 468 g/mol. The summed E-state index contributed by atoms with van der Waals surface area (Å²) < 4.78 is 20.8. The van der Waals surface area contributed by atoms with Crippen LogP contribution in [0.1, 0.15) is 45.5 Å². The molecule has 1 aromatic rings. The van der Waals surface area contributed by atoms with Gasteiger partial charge in [0.15, 0.2) is 12.4 Å². The third-order valence-corrected chi connectivity index (χ3v) is 5.94. The molecule has 1 N–H and O–H groups in total. The Morgan fingerprint density at radius 3 is 2.48 bits per heavy atom.